The van der Waals surface area contributed by atoms with Gasteiger partial charge >= 0.3 is 0 Å². The number of amides is 1. The lowest BCUT2D eigenvalue weighted by Gasteiger charge is -2.09. The molecule has 2 aromatic rings. The van der Waals surface area contributed by atoms with Crippen LogP contribution in [-0.2, 0) is 9.53 Å². The number of hydrogen-bond acceptors (Lipinski definition) is 2. The molecule has 0 saturated heterocycles. The van der Waals surface area contributed by atoms with Gasteiger partial charge < -0.3 is 10.1 Å². The molecule has 3 nitrogen and oxygen atoms in total. The molecule has 0 aliphatic carbocycles. The average molecular weight is 251 g/mol. The highest BCUT2D eigenvalue weighted by Crippen LogP contribution is 2.36. The van der Waals surface area contributed by atoms with Crippen molar-refractivity contribution in [3.8, 4) is 0 Å². The van der Waals surface area contributed by atoms with Crippen LogP contribution in [0.4, 0.5) is 5.69 Å². The van der Waals surface area contributed by atoms with E-state index in [1.54, 1.807) is 7.11 Å². The van der Waals surface area contributed by atoms with E-state index in [4.69, 9.17) is 4.74 Å². The molecule has 0 atom stereocenters. The van der Waals surface area contributed by atoms with Crippen molar-refractivity contribution in [2.45, 2.75) is 0 Å². The van der Waals surface area contributed by atoms with Gasteiger partial charge in [-0.15, -0.1) is 0 Å². The lowest BCUT2D eigenvalue weighted by Crippen LogP contribution is -2.06. The number of anilines is 1. The molecule has 19 heavy (non-hydrogen) atoms. The second kappa shape index (κ2) is 4.61. The number of fused-ring (bicyclic) bond motifs is 1. The predicted octanol–water partition coefficient (Wildman–Crippen LogP) is 3.15. The molecule has 0 spiro atoms. The summed E-state index contributed by atoms with van der Waals surface area (Å²) in [4.78, 5) is 12.2. The summed E-state index contributed by atoms with van der Waals surface area (Å²) >= 11 is 0. The quantitative estimate of drug-likeness (QED) is 0.657. The standard InChI is InChI=1S/C16H13NO2/c1-19-15(11-7-3-2-4-8-11)14-12-9-5-6-10-13(12)17-16(14)18/h2-10H,1H3,(H,17,18). The van der Waals surface area contributed by atoms with Crippen molar-refractivity contribution in [1.82, 2.24) is 0 Å². The Balaban J connectivity index is 2.23. The fourth-order valence-corrected chi connectivity index (χ4v) is 2.30. The van der Waals surface area contributed by atoms with Crippen LogP contribution < -0.4 is 5.32 Å². The van der Waals surface area contributed by atoms with E-state index in [2.05, 4.69) is 5.32 Å². The Bertz CT molecular complexity index is 659. The molecule has 1 aliphatic heterocycles. The van der Waals surface area contributed by atoms with Crippen molar-refractivity contribution < 1.29 is 9.53 Å². The van der Waals surface area contributed by atoms with Crippen LogP contribution in [0.15, 0.2) is 54.6 Å². The molecule has 1 N–H and O–H groups in total. The van der Waals surface area contributed by atoms with Crippen molar-refractivity contribution in [2.24, 2.45) is 0 Å². The van der Waals surface area contributed by atoms with Crippen LogP contribution in [0.25, 0.3) is 11.3 Å². The number of hydrogen-bond donors (Lipinski definition) is 1. The van der Waals surface area contributed by atoms with Gasteiger partial charge in [0.15, 0.2) is 0 Å². The van der Waals surface area contributed by atoms with Gasteiger partial charge in [-0.1, -0.05) is 48.5 Å². The third-order valence-electron chi connectivity index (χ3n) is 3.14. The molecule has 0 unspecified atom stereocenters. The monoisotopic (exact) mass is 251 g/mol. The van der Waals surface area contributed by atoms with Crippen molar-refractivity contribution in [3.05, 3.63) is 65.7 Å². The number of carbonyl (C=O) groups excluding carboxylic acids is 1. The zero-order valence-corrected chi connectivity index (χ0v) is 10.5. The Morgan fingerprint density at radius 1 is 1.00 bits per heavy atom. The van der Waals surface area contributed by atoms with E-state index in [0.717, 1.165) is 16.8 Å². The molecule has 0 saturated carbocycles. The first-order valence-electron chi connectivity index (χ1n) is 6.05. The van der Waals surface area contributed by atoms with Crippen LogP contribution in [0.1, 0.15) is 11.1 Å². The SMILES string of the molecule is COC(=C1C(=O)Nc2ccccc21)c1ccccc1. The van der Waals surface area contributed by atoms with E-state index in [-0.39, 0.29) is 5.91 Å². The van der Waals surface area contributed by atoms with Gasteiger partial charge in [0, 0.05) is 16.8 Å². The average Bonchev–Trinajstić information content (AvgIpc) is 2.78. The molecular formula is C16H13NO2. The van der Waals surface area contributed by atoms with Crippen molar-refractivity contribution in [1.29, 1.82) is 0 Å². The van der Waals surface area contributed by atoms with Crippen molar-refractivity contribution >= 4 is 22.9 Å². The highest BCUT2D eigenvalue weighted by atomic mass is 16.5. The maximum absolute atomic E-state index is 12.2. The smallest absolute Gasteiger partial charge is 0.260 e. The minimum Gasteiger partial charge on any atom is -0.495 e. The van der Waals surface area contributed by atoms with E-state index >= 15 is 0 Å². The number of rotatable bonds is 2. The van der Waals surface area contributed by atoms with Gasteiger partial charge in [-0.3, -0.25) is 4.79 Å². The zero-order valence-electron chi connectivity index (χ0n) is 10.5. The van der Waals surface area contributed by atoms with E-state index in [1.807, 2.05) is 54.6 Å². The molecule has 0 bridgehead atoms. The molecule has 0 radical (unpaired) electrons. The van der Waals surface area contributed by atoms with E-state index in [0.29, 0.717) is 11.3 Å². The summed E-state index contributed by atoms with van der Waals surface area (Å²) in [7, 11) is 1.59. The summed E-state index contributed by atoms with van der Waals surface area (Å²) in [5.41, 5.74) is 3.19. The maximum Gasteiger partial charge on any atom is 0.260 e. The van der Waals surface area contributed by atoms with Crippen LogP contribution in [-0.4, -0.2) is 13.0 Å². The van der Waals surface area contributed by atoms with Crippen LogP contribution in [0.2, 0.25) is 0 Å². The highest BCUT2D eigenvalue weighted by molar-refractivity contribution is 6.36. The maximum atomic E-state index is 12.2. The Kier molecular flexibility index (Phi) is 2.80. The lowest BCUT2D eigenvalue weighted by atomic mass is 10.0. The van der Waals surface area contributed by atoms with E-state index in [1.165, 1.54) is 0 Å². The first kappa shape index (κ1) is 11.5. The summed E-state index contributed by atoms with van der Waals surface area (Å²) in [6.45, 7) is 0. The number of ether oxygens (including phenoxy) is 1. The Labute approximate surface area is 111 Å². The van der Waals surface area contributed by atoms with Crippen molar-refractivity contribution in [3.63, 3.8) is 0 Å². The topological polar surface area (TPSA) is 38.3 Å². The third kappa shape index (κ3) is 1.89. The Morgan fingerprint density at radius 3 is 2.42 bits per heavy atom. The fraction of sp³-hybridized carbons (Fsp3) is 0.0625. The molecule has 3 rings (SSSR count). The summed E-state index contributed by atoms with van der Waals surface area (Å²) in [5.74, 6) is 0.477. The second-order valence-corrected chi connectivity index (χ2v) is 4.27. The minimum atomic E-state index is -0.123. The van der Waals surface area contributed by atoms with E-state index in [9.17, 15) is 4.79 Å². The summed E-state index contributed by atoms with van der Waals surface area (Å²) in [6.07, 6.45) is 0. The molecule has 1 heterocycles. The van der Waals surface area contributed by atoms with E-state index < -0.39 is 0 Å². The van der Waals surface area contributed by atoms with Gasteiger partial charge in [-0.2, -0.15) is 0 Å². The number of benzene rings is 2. The minimum absolute atomic E-state index is 0.123. The van der Waals surface area contributed by atoms with Crippen molar-refractivity contribution in [2.75, 3.05) is 12.4 Å². The van der Waals surface area contributed by atoms with Gasteiger partial charge in [0.1, 0.15) is 5.76 Å². The molecule has 0 aromatic heterocycles. The summed E-state index contributed by atoms with van der Waals surface area (Å²) in [5, 5.41) is 2.86. The number of carbonyl (C=O) groups is 1. The van der Waals surface area contributed by atoms with Gasteiger partial charge in [0.25, 0.3) is 5.91 Å². The molecular weight excluding hydrogens is 238 g/mol. The normalized spacial score (nSPS) is 15.7. The molecule has 94 valence electrons. The molecule has 2 aromatic carbocycles. The first-order valence-corrected chi connectivity index (χ1v) is 6.05. The summed E-state index contributed by atoms with van der Waals surface area (Å²) in [6, 6.07) is 17.3. The fourth-order valence-electron chi connectivity index (χ4n) is 2.30. The van der Waals surface area contributed by atoms with Gasteiger partial charge in [0.2, 0.25) is 0 Å². The largest absolute Gasteiger partial charge is 0.495 e. The van der Waals surface area contributed by atoms with Gasteiger partial charge in [-0.05, 0) is 6.07 Å². The predicted molar refractivity (Wildman–Crippen MR) is 75.3 cm³/mol. The van der Waals surface area contributed by atoms with Gasteiger partial charge in [-0.25, -0.2) is 0 Å². The van der Waals surface area contributed by atoms with Gasteiger partial charge in [0.05, 0.1) is 12.7 Å². The second-order valence-electron chi connectivity index (χ2n) is 4.27. The van der Waals surface area contributed by atoms with Crippen LogP contribution in [0.5, 0.6) is 0 Å². The summed E-state index contributed by atoms with van der Waals surface area (Å²) < 4.78 is 5.47. The van der Waals surface area contributed by atoms with Crippen LogP contribution >= 0.6 is 0 Å². The Hall–Kier alpha value is -2.55. The van der Waals surface area contributed by atoms with Crippen LogP contribution in [0, 0.1) is 0 Å². The zero-order chi connectivity index (χ0) is 13.2. The Morgan fingerprint density at radius 2 is 1.68 bits per heavy atom. The molecule has 0 fully saturated rings. The molecule has 3 heteroatoms. The lowest BCUT2D eigenvalue weighted by molar-refractivity contribution is -0.110. The number of methoxy groups -OCH3 is 1. The third-order valence-corrected chi connectivity index (χ3v) is 3.14. The molecule has 1 aliphatic rings. The number of nitrogens with one attached hydrogen (secondary N) is 1. The first-order chi connectivity index (χ1) is 9.31. The highest BCUT2D eigenvalue weighted by Gasteiger charge is 2.28. The molecule has 1 amide bonds. The van der Waals surface area contributed by atoms with Crippen LogP contribution in [0.3, 0.4) is 0 Å². The number of para-hydroxylation sites is 1.